The number of carbonyl (C=O) groups is 2. The predicted octanol–water partition coefficient (Wildman–Crippen LogP) is 4.08. The summed E-state index contributed by atoms with van der Waals surface area (Å²) in [6, 6.07) is 16.4. The van der Waals surface area contributed by atoms with Crippen LogP contribution in [-0.2, 0) is 10.0 Å². The van der Waals surface area contributed by atoms with Crippen LogP contribution in [0.1, 0.15) is 20.7 Å². The van der Waals surface area contributed by atoms with Crippen molar-refractivity contribution in [2.24, 2.45) is 5.73 Å². The van der Waals surface area contributed by atoms with Gasteiger partial charge in [-0.2, -0.15) is 0 Å². The Hall–Kier alpha value is -3.82. The van der Waals surface area contributed by atoms with Crippen LogP contribution >= 0.6 is 11.6 Å². The van der Waals surface area contributed by atoms with E-state index in [1.165, 1.54) is 55.7 Å². The zero-order chi connectivity index (χ0) is 24.9. The number of hydrogen-bond acceptors (Lipinski definition) is 5. The molecule has 176 valence electrons. The lowest BCUT2D eigenvalue weighted by molar-refractivity contribution is 0.0996. The molecule has 0 atom stereocenters. The van der Waals surface area contributed by atoms with Crippen LogP contribution in [0.25, 0.3) is 0 Å². The maximum atomic E-state index is 13.4. The van der Waals surface area contributed by atoms with Gasteiger partial charge in [-0.25, -0.2) is 8.42 Å². The van der Waals surface area contributed by atoms with Crippen molar-refractivity contribution in [3.63, 3.8) is 0 Å². The highest BCUT2D eigenvalue weighted by Crippen LogP contribution is 2.31. The van der Waals surface area contributed by atoms with E-state index in [0.717, 1.165) is 4.31 Å². The highest BCUT2D eigenvalue weighted by Gasteiger charge is 2.26. The molecule has 0 aromatic heterocycles. The van der Waals surface area contributed by atoms with Crippen LogP contribution in [0.4, 0.5) is 11.4 Å². The van der Waals surface area contributed by atoms with E-state index >= 15 is 0 Å². The third kappa shape index (κ3) is 5.22. The molecule has 0 spiro atoms. The number of primary amides is 1. The molecule has 2 amide bonds. The number of sulfonamides is 1. The zero-order valence-electron chi connectivity index (χ0n) is 18.2. The van der Waals surface area contributed by atoms with E-state index in [0.29, 0.717) is 5.75 Å². The molecule has 0 saturated carbocycles. The molecule has 3 aromatic carbocycles. The van der Waals surface area contributed by atoms with E-state index in [9.17, 15) is 18.0 Å². The second kappa shape index (κ2) is 10.4. The number of anilines is 2. The Bertz CT molecular complexity index is 1360. The molecule has 0 heterocycles. The average molecular weight is 500 g/mol. The fourth-order valence-electron chi connectivity index (χ4n) is 3.18. The first-order valence-electron chi connectivity index (χ1n) is 9.96. The molecular formula is C24H22ClN3O5S. The van der Waals surface area contributed by atoms with E-state index in [1.54, 1.807) is 24.3 Å². The van der Waals surface area contributed by atoms with Crippen molar-refractivity contribution < 1.29 is 22.7 Å². The monoisotopic (exact) mass is 499 g/mol. The highest BCUT2D eigenvalue weighted by atomic mass is 35.5. The number of nitrogens with one attached hydrogen (secondary N) is 1. The third-order valence-corrected chi connectivity index (χ3v) is 6.93. The third-order valence-electron chi connectivity index (χ3n) is 4.83. The summed E-state index contributed by atoms with van der Waals surface area (Å²) in [7, 11) is -2.68. The molecular weight excluding hydrogens is 478 g/mol. The number of carbonyl (C=O) groups excluding carboxylic acids is 2. The van der Waals surface area contributed by atoms with Gasteiger partial charge in [0.15, 0.2) is 0 Å². The maximum absolute atomic E-state index is 13.4. The van der Waals surface area contributed by atoms with Crippen LogP contribution < -0.4 is 20.1 Å². The Balaban J connectivity index is 1.97. The van der Waals surface area contributed by atoms with Gasteiger partial charge in [-0.15, -0.1) is 6.58 Å². The van der Waals surface area contributed by atoms with Crippen LogP contribution in [-0.4, -0.2) is 33.9 Å². The number of halogens is 1. The Labute approximate surface area is 202 Å². The number of rotatable bonds is 9. The molecule has 3 N–H and O–H groups in total. The van der Waals surface area contributed by atoms with Crippen molar-refractivity contribution in [3.8, 4) is 5.75 Å². The molecule has 10 heteroatoms. The lowest BCUT2D eigenvalue weighted by Crippen LogP contribution is -2.31. The summed E-state index contributed by atoms with van der Waals surface area (Å²) < 4.78 is 33.2. The van der Waals surface area contributed by atoms with Crippen LogP contribution in [0, 0.1) is 0 Å². The minimum absolute atomic E-state index is 0.0282. The predicted molar refractivity (Wildman–Crippen MR) is 132 cm³/mol. The number of para-hydroxylation sites is 1. The molecule has 8 nitrogen and oxygen atoms in total. The number of ether oxygens (including phenoxy) is 1. The van der Waals surface area contributed by atoms with Gasteiger partial charge in [0.05, 0.1) is 34.9 Å². The highest BCUT2D eigenvalue weighted by molar-refractivity contribution is 7.92. The van der Waals surface area contributed by atoms with E-state index < -0.39 is 21.8 Å². The Kier molecular flexibility index (Phi) is 7.60. The molecule has 0 aliphatic rings. The summed E-state index contributed by atoms with van der Waals surface area (Å²) in [5, 5.41) is 2.88. The van der Waals surface area contributed by atoms with Gasteiger partial charge in [-0.3, -0.25) is 13.9 Å². The van der Waals surface area contributed by atoms with Crippen molar-refractivity contribution >= 4 is 44.8 Å². The minimum atomic E-state index is -4.09. The van der Waals surface area contributed by atoms with Gasteiger partial charge in [-0.05, 0) is 48.5 Å². The molecule has 0 aliphatic heterocycles. The molecule has 3 aromatic rings. The number of nitrogens with zero attached hydrogens (tertiary/aromatic N) is 1. The van der Waals surface area contributed by atoms with E-state index in [2.05, 4.69) is 11.9 Å². The number of methoxy groups -OCH3 is 1. The Morgan fingerprint density at radius 1 is 1.09 bits per heavy atom. The normalized spacial score (nSPS) is 10.9. The summed E-state index contributed by atoms with van der Waals surface area (Å²) in [6.45, 7) is 3.60. The first kappa shape index (κ1) is 24.8. The molecule has 34 heavy (non-hydrogen) atoms. The molecule has 0 aliphatic carbocycles. The summed E-state index contributed by atoms with van der Waals surface area (Å²) >= 11 is 6.23. The van der Waals surface area contributed by atoms with Crippen molar-refractivity contribution in [2.75, 3.05) is 23.3 Å². The van der Waals surface area contributed by atoms with Crippen molar-refractivity contribution in [2.45, 2.75) is 4.90 Å². The average Bonchev–Trinajstić information content (AvgIpc) is 2.83. The Morgan fingerprint density at radius 3 is 2.47 bits per heavy atom. The smallest absolute Gasteiger partial charge is 0.264 e. The number of nitrogens with two attached hydrogens (primary N) is 1. The van der Waals surface area contributed by atoms with Crippen LogP contribution in [0.5, 0.6) is 5.75 Å². The van der Waals surface area contributed by atoms with Crippen LogP contribution in [0.2, 0.25) is 5.02 Å². The lowest BCUT2D eigenvalue weighted by Gasteiger charge is -2.24. The topological polar surface area (TPSA) is 119 Å². The van der Waals surface area contributed by atoms with Crippen molar-refractivity contribution in [3.05, 3.63) is 95.5 Å². The molecule has 0 fully saturated rings. The number of amides is 2. The van der Waals surface area contributed by atoms with Crippen molar-refractivity contribution in [1.82, 2.24) is 0 Å². The van der Waals surface area contributed by atoms with Gasteiger partial charge in [0.1, 0.15) is 5.75 Å². The van der Waals surface area contributed by atoms with Crippen molar-refractivity contribution in [1.29, 1.82) is 0 Å². The maximum Gasteiger partial charge on any atom is 0.264 e. The van der Waals surface area contributed by atoms with E-state index in [-0.39, 0.29) is 39.0 Å². The number of hydrogen-bond donors (Lipinski definition) is 2. The second-order valence-corrected chi connectivity index (χ2v) is 9.31. The lowest BCUT2D eigenvalue weighted by atomic mass is 10.1. The standard InChI is InChI=1S/C24H22ClN3O5S/c1-3-13-28(21-10-5-4-9-19(21)25)34(31,32)18-8-6-7-17(14-18)24(30)27-20-15-16(23(26)29)11-12-22(20)33-2/h3-12,14-15H,1,13H2,2H3,(H2,26,29)(H,27,30). The van der Waals surface area contributed by atoms with E-state index in [4.69, 9.17) is 22.1 Å². The van der Waals surface area contributed by atoms with Gasteiger partial charge in [0.25, 0.3) is 15.9 Å². The first-order chi connectivity index (χ1) is 16.2. The van der Waals surface area contributed by atoms with Crippen LogP contribution in [0.15, 0.2) is 84.3 Å². The molecule has 0 unspecified atom stereocenters. The van der Waals surface area contributed by atoms with Gasteiger partial charge in [-0.1, -0.05) is 35.9 Å². The van der Waals surface area contributed by atoms with Gasteiger partial charge in [0, 0.05) is 11.1 Å². The second-order valence-electron chi connectivity index (χ2n) is 7.04. The molecule has 0 radical (unpaired) electrons. The molecule has 0 bridgehead atoms. The summed E-state index contributed by atoms with van der Waals surface area (Å²) in [5.41, 5.74) is 6.06. The van der Waals surface area contributed by atoms with Gasteiger partial charge >= 0.3 is 0 Å². The van der Waals surface area contributed by atoms with Gasteiger partial charge in [0.2, 0.25) is 5.91 Å². The summed E-state index contributed by atoms with van der Waals surface area (Å²) in [6.07, 6.45) is 1.44. The minimum Gasteiger partial charge on any atom is -0.495 e. The van der Waals surface area contributed by atoms with E-state index in [1.807, 2.05) is 0 Å². The zero-order valence-corrected chi connectivity index (χ0v) is 19.8. The summed E-state index contributed by atoms with van der Waals surface area (Å²) in [5.74, 6) is -0.976. The molecule has 0 saturated heterocycles. The summed E-state index contributed by atoms with van der Waals surface area (Å²) in [4.78, 5) is 24.3. The fourth-order valence-corrected chi connectivity index (χ4v) is 4.96. The van der Waals surface area contributed by atoms with Crippen LogP contribution in [0.3, 0.4) is 0 Å². The molecule has 3 rings (SSSR count). The fraction of sp³-hybridized carbons (Fsp3) is 0.0833. The first-order valence-corrected chi connectivity index (χ1v) is 11.8. The van der Waals surface area contributed by atoms with Gasteiger partial charge < -0.3 is 15.8 Å². The number of benzene rings is 3. The largest absolute Gasteiger partial charge is 0.495 e. The Morgan fingerprint density at radius 2 is 1.82 bits per heavy atom. The SMILES string of the molecule is C=CCN(c1ccccc1Cl)S(=O)(=O)c1cccc(C(=O)Nc2cc(C(N)=O)ccc2OC)c1. The quantitative estimate of drug-likeness (QED) is 0.430.